The van der Waals surface area contributed by atoms with Crippen LogP contribution in [0.2, 0.25) is 0 Å². The number of carbonyl (C=O) groups excluding carboxylic acids is 4. The Balaban J connectivity index is -0.000000242. The van der Waals surface area contributed by atoms with E-state index in [4.69, 9.17) is 9.47 Å². The van der Waals surface area contributed by atoms with Gasteiger partial charge in [-0.1, -0.05) is 11.8 Å². The topological polar surface area (TPSA) is 149 Å². The van der Waals surface area contributed by atoms with Gasteiger partial charge in [0.2, 0.25) is 0 Å². The zero-order valence-corrected chi connectivity index (χ0v) is 28.5. The summed E-state index contributed by atoms with van der Waals surface area (Å²) in [6, 6.07) is 0. The Labute approximate surface area is 267 Å². The summed E-state index contributed by atoms with van der Waals surface area (Å²) in [4.78, 5) is 42.2. The predicted molar refractivity (Wildman–Crippen MR) is 135 cm³/mol. The van der Waals surface area contributed by atoms with Crippen molar-refractivity contribution in [3.8, 4) is 0 Å². The van der Waals surface area contributed by atoms with Crippen molar-refractivity contribution in [3.63, 3.8) is 0 Å². The van der Waals surface area contributed by atoms with Gasteiger partial charge in [0, 0.05) is 24.4 Å². The Kier molecular flexibility index (Phi) is 28.0. The van der Waals surface area contributed by atoms with E-state index in [1.165, 1.54) is 39.8 Å². The molecule has 0 aromatic carbocycles. The Morgan fingerprint density at radius 2 is 1.17 bits per heavy atom. The van der Waals surface area contributed by atoms with Crippen molar-refractivity contribution in [2.45, 2.75) is 65.6 Å². The van der Waals surface area contributed by atoms with Gasteiger partial charge in [0.25, 0.3) is 10.1 Å². The molecule has 0 bridgehead atoms. The standard InChI is InChI=1S/C10H18O4S.C9H18O6S.C2H4OS.K/c1-8(11)15-7-5-6-14-10(2,3)9(12)13-4;1-9(2,8(10)13-3)14-6-5-7-15-16(4,11)12;1-2(3)4;/h5-7H2,1-4H3;5-7H2,1-4H3;1H3,(H,3,4);/q;;;+1/p-1. The van der Waals surface area contributed by atoms with Gasteiger partial charge in [-0.3, -0.25) is 8.98 Å². The Morgan fingerprint density at radius 3 is 1.47 bits per heavy atom. The van der Waals surface area contributed by atoms with Crippen molar-refractivity contribution in [1.29, 1.82) is 0 Å². The minimum Gasteiger partial charge on any atom is -0.742 e. The van der Waals surface area contributed by atoms with Crippen LogP contribution in [0.4, 0.5) is 0 Å². The molecule has 0 saturated carbocycles. The van der Waals surface area contributed by atoms with E-state index in [9.17, 15) is 27.6 Å². The number of ether oxygens (including phenoxy) is 4. The summed E-state index contributed by atoms with van der Waals surface area (Å²) < 4.78 is 45.5. The molecule has 0 aliphatic rings. The van der Waals surface area contributed by atoms with Crippen molar-refractivity contribution >= 4 is 56.7 Å². The molecule has 208 valence electrons. The van der Waals surface area contributed by atoms with Crippen LogP contribution >= 0.6 is 11.8 Å². The molecule has 0 saturated heterocycles. The monoisotopic (exact) mass is 602 g/mol. The first-order chi connectivity index (χ1) is 15.8. The second kappa shape index (κ2) is 23.2. The molecule has 0 heterocycles. The number of carbonyl (C=O) groups is 4. The molecule has 0 atom stereocenters. The number of hydrogen-bond donors (Lipinski definition) is 0. The summed E-state index contributed by atoms with van der Waals surface area (Å²) in [5, 5.41) is -0.151. The van der Waals surface area contributed by atoms with E-state index in [-0.39, 0.29) is 80.8 Å². The second-order valence-corrected chi connectivity index (χ2v) is 11.3. The first-order valence-corrected chi connectivity index (χ1v) is 13.6. The molecule has 15 heteroatoms. The fourth-order valence-corrected chi connectivity index (χ4v) is 2.78. The molecule has 0 aromatic heterocycles. The molecule has 0 N–H and O–H groups in total. The summed E-state index contributed by atoms with van der Waals surface area (Å²) in [5.74, 6) is -0.148. The van der Waals surface area contributed by atoms with Crippen LogP contribution in [-0.4, -0.2) is 87.8 Å². The maximum absolute atomic E-state index is 11.2. The Bertz CT molecular complexity index is 750. The Morgan fingerprint density at radius 1 is 0.806 bits per heavy atom. The third-order valence-electron chi connectivity index (χ3n) is 3.46. The normalized spacial score (nSPS) is 10.9. The van der Waals surface area contributed by atoms with Gasteiger partial charge in [-0.15, -0.1) is 0 Å². The summed E-state index contributed by atoms with van der Waals surface area (Å²) in [5.41, 5.74) is -1.94. The van der Waals surface area contributed by atoms with Crippen LogP contribution in [0.1, 0.15) is 54.4 Å². The molecular formula is C21H39KO11S3. The van der Waals surface area contributed by atoms with E-state index in [1.807, 2.05) is 0 Å². The minimum absolute atomic E-state index is 0. The van der Waals surface area contributed by atoms with Gasteiger partial charge in [0.15, 0.2) is 16.3 Å². The molecule has 0 rings (SSSR count). The first kappa shape index (κ1) is 43.4. The quantitative estimate of drug-likeness (QED) is 0.0837. The van der Waals surface area contributed by atoms with Gasteiger partial charge in [-0.05, 0) is 47.5 Å². The zero-order valence-electron chi connectivity index (χ0n) is 23.0. The van der Waals surface area contributed by atoms with E-state index in [0.717, 1.165) is 12.7 Å². The van der Waals surface area contributed by atoms with Crippen LogP contribution in [0.25, 0.3) is 0 Å². The van der Waals surface area contributed by atoms with E-state index in [1.54, 1.807) is 27.7 Å². The van der Waals surface area contributed by atoms with Crippen LogP contribution < -0.4 is 51.4 Å². The predicted octanol–water partition coefficient (Wildman–Crippen LogP) is -0.971. The number of rotatable bonds is 13. The summed E-state index contributed by atoms with van der Waals surface area (Å²) >= 11 is 5.24. The second-order valence-electron chi connectivity index (χ2n) is 7.77. The number of methoxy groups -OCH3 is 2. The SMILES string of the molecule is CC(=O)[S-].COC(=O)C(C)(C)OCCCOS(C)(=O)=O.COC(=O)C(C)(C)OCCCSC(C)=O.[K+]. The van der Waals surface area contributed by atoms with Gasteiger partial charge in [-0.25, -0.2) is 9.59 Å². The molecule has 0 amide bonds. The number of thioether (sulfide) groups is 1. The van der Waals surface area contributed by atoms with Gasteiger partial charge in [-0.2, -0.15) is 8.42 Å². The van der Waals surface area contributed by atoms with Crippen molar-refractivity contribution < 1.29 is 102 Å². The van der Waals surface area contributed by atoms with Gasteiger partial charge < -0.3 is 36.4 Å². The van der Waals surface area contributed by atoms with Gasteiger partial charge in [0.1, 0.15) is 0 Å². The van der Waals surface area contributed by atoms with Crippen LogP contribution in [0, 0.1) is 0 Å². The summed E-state index contributed by atoms with van der Waals surface area (Å²) in [7, 11) is -0.798. The summed E-state index contributed by atoms with van der Waals surface area (Å²) in [6.07, 6.45) is 2.10. The fourth-order valence-electron chi connectivity index (χ4n) is 1.81. The zero-order chi connectivity index (χ0) is 28.3. The van der Waals surface area contributed by atoms with Crippen LogP contribution in [0.3, 0.4) is 0 Å². The smallest absolute Gasteiger partial charge is 0.742 e. The first-order valence-electron chi connectivity index (χ1n) is 10.4. The van der Waals surface area contributed by atoms with E-state index < -0.39 is 27.3 Å². The van der Waals surface area contributed by atoms with Crippen LogP contribution in [-0.2, 0) is 65.1 Å². The molecule has 0 aliphatic heterocycles. The molecule has 11 nitrogen and oxygen atoms in total. The summed E-state index contributed by atoms with van der Waals surface area (Å²) in [6.45, 7) is 10.1. The largest absolute Gasteiger partial charge is 1.00 e. The average molecular weight is 603 g/mol. The van der Waals surface area contributed by atoms with Crippen molar-refractivity contribution in [2.75, 3.05) is 46.0 Å². The van der Waals surface area contributed by atoms with Crippen molar-refractivity contribution in [3.05, 3.63) is 0 Å². The molecule has 0 aliphatic carbocycles. The van der Waals surface area contributed by atoms with Crippen LogP contribution in [0.5, 0.6) is 0 Å². The van der Waals surface area contributed by atoms with Gasteiger partial charge >= 0.3 is 63.3 Å². The maximum atomic E-state index is 11.2. The van der Waals surface area contributed by atoms with E-state index in [2.05, 4.69) is 26.3 Å². The van der Waals surface area contributed by atoms with E-state index >= 15 is 0 Å². The van der Waals surface area contributed by atoms with Gasteiger partial charge in [0.05, 0.1) is 33.7 Å². The number of hydrogen-bond acceptors (Lipinski definition) is 13. The molecule has 0 unspecified atom stereocenters. The van der Waals surface area contributed by atoms with Crippen LogP contribution in [0.15, 0.2) is 0 Å². The molecule has 0 aromatic rings. The maximum Gasteiger partial charge on any atom is 1.00 e. The third kappa shape index (κ3) is 30.5. The Hall–Kier alpha value is 0.316. The van der Waals surface area contributed by atoms with Crippen molar-refractivity contribution in [2.24, 2.45) is 0 Å². The number of esters is 2. The van der Waals surface area contributed by atoms with Crippen molar-refractivity contribution in [1.82, 2.24) is 0 Å². The molecule has 36 heavy (non-hydrogen) atoms. The third-order valence-corrected chi connectivity index (χ3v) is 4.95. The molecular weight excluding hydrogens is 564 g/mol. The molecule has 0 fully saturated rings. The molecule has 0 spiro atoms. The fraction of sp³-hybridized carbons (Fsp3) is 0.810. The minimum atomic E-state index is -3.41. The van der Waals surface area contributed by atoms with E-state index in [0.29, 0.717) is 18.8 Å². The molecule has 0 radical (unpaired) electrons. The average Bonchev–Trinajstić information content (AvgIpc) is 2.70.